The number of hydrogen-bond acceptors (Lipinski definition) is 3. The third-order valence-electron chi connectivity index (χ3n) is 2.71. The van der Waals surface area contributed by atoms with E-state index < -0.39 is 5.97 Å². The van der Waals surface area contributed by atoms with Gasteiger partial charge in [0.2, 0.25) is 0 Å². The minimum absolute atomic E-state index is 0.0369. The summed E-state index contributed by atoms with van der Waals surface area (Å²) >= 11 is 7.63. The molecule has 5 nitrogen and oxygen atoms in total. The van der Waals surface area contributed by atoms with E-state index in [-0.39, 0.29) is 16.6 Å². The third kappa shape index (κ3) is 7.24. The molecule has 3 N–H and O–H groups in total. The Hall–Kier alpha value is -1.40. The van der Waals surface area contributed by atoms with Crippen LogP contribution in [0.25, 0.3) is 0 Å². The normalized spacial score (nSPS) is 10.2. The third-order valence-corrected chi connectivity index (χ3v) is 3.63. The van der Waals surface area contributed by atoms with E-state index in [2.05, 4.69) is 16.9 Å². The molecule has 21 heavy (non-hydrogen) atoms. The van der Waals surface area contributed by atoms with E-state index >= 15 is 0 Å². The number of amides is 2. The van der Waals surface area contributed by atoms with Gasteiger partial charge < -0.3 is 15.7 Å². The second-order valence-corrected chi connectivity index (χ2v) is 5.89. The predicted molar refractivity (Wildman–Crippen MR) is 87.7 cm³/mol. The van der Waals surface area contributed by atoms with Crippen LogP contribution in [0.2, 0.25) is 5.02 Å². The Kier molecular flexibility index (Phi) is 8.00. The maximum atomic E-state index is 11.7. The van der Waals surface area contributed by atoms with Gasteiger partial charge in [0, 0.05) is 17.3 Å². The van der Waals surface area contributed by atoms with Gasteiger partial charge in [0.15, 0.2) is 0 Å². The number of anilines is 1. The maximum Gasteiger partial charge on any atom is 0.335 e. The predicted octanol–water partition coefficient (Wildman–Crippen LogP) is 3.69. The van der Waals surface area contributed by atoms with E-state index in [1.54, 1.807) is 0 Å². The number of benzene rings is 1. The first-order valence-corrected chi connectivity index (χ1v) is 8.38. The molecule has 0 aliphatic heterocycles. The van der Waals surface area contributed by atoms with Crippen molar-refractivity contribution in [2.45, 2.75) is 19.3 Å². The van der Waals surface area contributed by atoms with E-state index in [1.807, 2.05) is 11.8 Å². The molecule has 0 aromatic heterocycles. The number of halogens is 1. The Morgan fingerprint density at radius 1 is 1.24 bits per heavy atom. The number of carbonyl (C=O) groups excluding carboxylic acids is 1. The minimum Gasteiger partial charge on any atom is -0.478 e. The van der Waals surface area contributed by atoms with Crippen molar-refractivity contribution >= 4 is 41.1 Å². The van der Waals surface area contributed by atoms with Crippen molar-refractivity contribution in [3.63, 3.8) is 0 Å². The summed E-state index contributed by atoms with van der Waals surface area (Å²) in [6.45, 7) is 0.590. The highest BCUT2D eigenvalue weighted by molar-refractivity contribution is 7.98. The number of thioether (sulfide) groups is 1. The number of nitrogens with one attached hydrogen (secondary N) is 2. The molecule has 1 rings (SSSR count). The molecule has 2 amide bonds. The number of hydrogen-bond donors (Lipinski definition) is 3. The summed E-state index contributed by atoms with van der Waals surface area (Å²) in [5.41, 5.74) is 0.398. The molecule has 0 fully saturated rings. The average Bonchev–Trinajstić information content (AvgIpc) is 2.42. The lowest BCUT2D eigenvalue weighted by atomic mass is 10.2. The van der Waals surface area contributed by atoms with Crippen LogP contribution >= 0.6 is 23.4 Å². The molecule has 7 heteroatoms. The average molecular weight is 331 g/mol. The van der Waals surface area contributed by atoms with Gasteiger partial charge in [-0.15, -0.1) is 0 Å². The lowest BCUT2D eigenvalue weighted by Crippen LogP contribution is -2.29. The van der Waals surface area contributed by atoms with Crippen LogP contribution in [-0.4, -0.2) is 35.7 Å². The van der Waals surface area contributed by atoms with Crippen LogP contribution in [-0.2, 0) is 0 Å². The number of aromatic carboxylic acids is 1. The zero-order valence-electron chi connectivity index (χ0n) is 11.8. The SMILES string of the molecule is CSCCCCCNC(=O)Nc1cc(Cl)cc(C(=O)O)c1. The largest absolute Gasteiger partial charge is 0.478 e. The van der Waals surface area contributed by atoms with Crippen LogP contribution in [0, 0.1) is 0 Å². The fourth-order valence-corrected chi connectivity index (χ4v) is 2.44. The lowest BCUT2D eigenvalue weighted by Gasteiger charge is -2.08. The Balaban J connectivity index is 2.39. The first-order chi connectivity index (χ1) is 10.0. The molecule has 0 atom stereocenters. The van der Waals surface area contributed by atoms with Gasteiger partial charge in [0.25, 0.3) is 0 Å². The number of carbonyl (C=O) groups is 2. The summed E-state index contributed by atoms with van der Waals surface area (Å²) in [6, 6.07) is 3.84. The number of urea groups is 1. The van der Waals surface area contributed by atoms with Crippen molar-refractivity contribution in [1.82, 2.24) is 5.32 Å². The molecule has 0 saturated heterocycles. The Morgan fingerprint density at radius 3 is 2.67 bits per heavy atom. The Labute approximate surface area is 133 Å². The summed E-state index contributed by atoms with van der Waals surface area (Å²) in [5, 5.41) is 14.5. The van der Waals surface area contributed by atoms with Crippen LogP contribution in [0.15, 0.2) is 18.2 Å². The Bertz CT molecular complexity index is 497. The molecular formula is C14H19ClN2O3S. The van der Waals surface area contributed by atoms with Crippen LogP contribution in [0.4, 0.5) is 10.5 Å². The van der Waals surface area contributed by atoms with Gasteiger partial charge >= 0.3 is 12.0 Å². The lowest BCUT2D eigenvalue weighted by molar-refractivity contribution is 0.0697. The van der Waals surface area contributed by atoms with Gasteiger partial charge in [-0.05, 0) is 43.0 Å². The highest BCUT2D eigenvalue weighted by Crippen LogP contribution is 2.19. The van der Waals surface area contributed by atoms with E-state index in [0.29, 0.717) is 12.2 Å². The number of carboxylic acid groups (broad SMARTS) is 1. The first-order valence-electron chi connectivity index (χ1n) is 6.60. The molecule has 1 aromatic carbocycles. The summed E-state index contributed by atoms with van der Waals surface area (Å²) < 4.78 is 0. The minimum atomic E-state index is -1.09. The smallest absolute Gasteiger partial charge is 0.335 e. The molecule has 0 unspecified atom stereocenters. The second-order valence-electron chi connectivity index (χ2n) is 4.47. The highest BCUT2D eigenvalue weighted by Gasteiger charge is 2.08. The van der Waals surface area contributed by atoms with Crippen LogP contribution in [0.1, 0.15) is 29.6 Å². The zero-order chi connectivity index (χ0) is 15.7. The van der Waals surface area contributed by atoms with Crippen LogP contribution < -0.4 is 10.6 Å². The molecule has 1 aromatic rings. The fourth-order valence-electron chi connectivity index (χ4n) is 1.71. The van der Waals surface area contributed by atoms with E-state index in [4.69, 9.17) is 16.7 Å². The maximum absolute atomic E-state index is 11.7. The summed E-state index contributed by atoms with van der Waals surface area (Å²) in [5.74, 6) is 0.0434. The van der Waals surface area contributed by atoms with Gasteiger partial charge in [0.05, 0.1) is 5.56 Å². The summed E-state index contributed by atoms with van der Waals surface area (Å²) in [7, 11) is 0. The molecular weight excluding hydrogens is 312 g/mol. The Morgan fingerprint density at radius 2 is 2.00 bits per heavy atom. The second kappa shape index (κ2) is 9.52. The number of rotatable bonds is 8. The van der Waals surface area contributed by atoms with Crippen LogP contribution in [0.5, 0.6) is 0 Å². The topological polar surface area (TPSA) is 78.4 Å². The van der Waals surface area contributed by atoms with Crippen molar-refractivity contribution in [2.75, 3.05) is 23.9 Å². The summed E-state index contributed by atoms with van der Waals surface area (Å²) in [6.07, 6.45) is 5.20. The summed E-state index contributed by atoms with van der Waals surface area (Å²) in [4.78, 5) is 22.6. The molecule has 0 spiro atoms. The monoisotopic (exact) mass is 330 g/mol. The highest BCUT2D eigenvalue weighted by atomic mass is 35.5. The molecule has 0 aliphatic carbocycles. The van der Waals surface area contributed by atoms with Crippen molar-refractivity contribution in [1.29, 1.82) is 0 Å². The molecule has 0 heterocycles. The zero-order valence-corrected chi connectivity index (χ0v) is 13.4. The van der Waals surface area contributed by atoms with Crippen molar-refractivity contribution in [3.05, 3.63) is 28.8 Å². The molecule has 0 radical (unpaired) electrons. The van der Waals surface area contributed by atoms with Crippen molar-refractivity contribution < 1.29 is 14.7 Å². The van der Waals surface area contributed by atoms with Gasteiger partial charge in [-0.25, -0.2) is 9.59 Å². The first kappa shape index (κ1) is 17.7. The fraction of sp³-hybridized carbons (Fsp3) is 0.429. The number of unbranched alkanes of at least 4 members (excludes halogenated alkanes) is 2. The van der Waals surface area contributed by atoms with Crippen LogP contribution in [0.3, 0.4) is 0 Å². The van der Waals surface area contributed by atoms with Crippen molar-refractivity contribution in [2.24, 2.45) is 0 Å². The van der Waals surface area contributed by atoms with Crippen molar-refractivity contribution in [3.8, 4) is 0 Å². The van der Waals surface area contributed by atoms with Gasteiger partial charge in [-0.3, -0.25) is 0 Å². The molecule has 0 saturated carbocycles. The van der Waals surface area contributed by atoms with E-state index in [1.165, 1.54) is 18.2 Å². The van der Waals surface area contributed by atoms with Gasteiger partial charge in [0.1, 0.15) is 0 Å². The molecule has 0 bridgehead atoms. The van der Waals surface area contributed by atoms with Gasteiger partial charge in [-0.1, -0.05) is 18.0 Å². The molecule has 116 valence electrons. The standard InChI is InChI=1S/C14H19ClN2O3S/c1-21-6-4-2-3-5-16-14(20)17-12-8-10(13(18)19)7-11(15)9-12/h7-9H,2-6H2,1H3,(H,18,19)(H2,16,17,20). The van der Waals surface area contributed by atoms with E-state index in [0.717, 1.165) is 25.0 Å². The number of carboxylic acids is 1. The van der Waals surface area contributed by atoms with Gasteiger partial charge in [-0.2, -0.15) is 11.8 Å². The molecule has 0 aliphatic rings. The quantitative estimate of drug-likeness (QED) is 0.635. The van der Waals surface area contributed by atoms with E-state index in [9.17, 15) is 9.59 Å².